The predicted molar refractivity (Wildman–Crippen MR) is 76.1 cm³/mol. The van der Waals surface area contributed by atoms with Gasteiger partial charge < -0.3 is 15.2 Å². The number of nitrogens with zero attached hydrogens (tertiary/aromatic N) is 2. The molecule has 9 heteroatoms. The SMILES string of the molecule is N#Cc1cc(I)c(OCC(=O)NCCO)c([N+](=O)[O-])c1. The first-order valence-corrected chi connectivity index (χ1v) is 6.46. The van der Waals surface area contributed by atoms with Crippen LogP contribution in [0.4, 0.5) is 5.69 Å². The number of ether oxygens (including phenoxy) is 1. The van der Waals surface area contributed by atoms with E-state index in [1.165, 1.54) is 6.07 Å². The molecular weight excluding hydrogens is 381 g/mol. The molecular formula is C11H10IN3O5. The van der Waals surface area contributed by atoms with Crippen LogP contribution < -0.4 is 10.1 Å². The van der Waals surface area contributed by atoms with Crippen LogP contribution in [0.15, 0.2) is 12.1 Å². The van der Waals surface area contributed by atoms with Gasteiger partial charge in [0.1, 0.15) is 0 Å². The van der Waals surface area contributed by atoms with Gasteiger partial charge in [-0.05, 0) is 28.7 Å². The molecule has 0 spiro atoms. The lowest BCUT2D eigenvalue weighted by Gasteiger charge is -2.09. The summed E-state index contributed by atoms with van der Waals surface area (Å²) in [5, 5.41) is 30.6. The average molecular weight is 391 g/mol. The van der Waals surface area contributed by atoms with Gasteiger partial charge in [0.15, 0.2) is 6.61 Å². The lowest BCUT2D eigenvalue weighted by molar-refractivity contribution is -0.385. The molecule has 0 aromatic heterocycles. The normalized spacial score (nSPS) is 9.65. The van der Waals surface area contributed by atoms with Crippen molar-refractivity contribution in [3.05, 3.63) is 31.4 Å². The quantitative estimate of drug-likeness (QED) is 0.415. The van der Waals surface area contributed by atoms with Gasteiger partial charge >= 0.3 is 5.69 Å². The van der Waals surface area contributed by atoms with Gasteiger partial charge in [-0.25, -0.2) is 0 Å². The predicted octanol–water partition coefficient (Wildman–Crippen LogP) is 0.558. The van der Waals surface area contributed by atoms with Crippen LogP contribution in [-0.4, -0.2) is 35.7 Å². The first kappa shape index (κ1) is 16.1. The molecule has 2 N–H and O–H groups in total. The maximum absolute atomic E-state index is 11.3. The van der Waals surface area contributed by atoms with Crippen molar-refractivity contribution in [3.8, 4) is 11.8 Å². The number of amides is 1. The summed E-state index contributed by atoms with van der Waals surface area (Å²) in [7, 11) is 0. The van der Waals surface area contributed by atoms with Crippen molar-refractivity contribution in [2.24, 2.45) is 0 Å². The number of aliphatic hydroxyl groups excluding tert-OH is 1. The number of carbonyl (C=O) groups is 1. The van der Waals surface area contributed by atoms with Gasteiger partial charge in [0.05, 0.1) is 26.7 Å². The highest BCUT2D eigenvalue weighted by Gasteiger charge is 2.21. The highest BCUT2D eigenvalue weighted by molar-refractivity contribution is 14.1. The second-order valence-corrected chi connectivity index (χ2v) is 4.70. The first-order valence-electron chi connectivity index (χ1n) is 5.38. The van der Waals surface area contributed by atoms with E-state index in [0.29, 0.717) is 3.57 Å². The third kappa shape index (κ3) is 4.32. The molecule has 1 aromatic carbocycles. The minimum Gasteiger partial charge on any atom is -0.476 e. The summed E-state index contributed by atoms with van der Waals surface area (Å²) in [6.45, 7) is -0.544. The number of aliphatic hydroxyl groups is 1. The van der Waals surface area contributed by atoms with Crippen LogP contribution in [0.3, 0.4) is 0 Å². The van der Waals surface area contributed by atoms with E-state index in [1.807, 2.05) is 6.07 Å². The summed E-state index contributed by atoms with van der Waals surface area (Å²) in [6.07, 6.45) is 0. The molecule has 20 heavy (non-hydrogen) atoms. The standard InChI is InChI=1S/C11H10IN3O5/c12-8-3-7(5-13)4-9(15(18)19)11(8)20-6-10(17)14-1-2-16/h3-4,16H,1-2,6H2,(H,14,17). The van der Waals surface area contributed by atoms with E-state index < -0.39 is 17.4 Å². The maximum Gasteiger partial charge on any atom is 0.313 e. The van der Waals surface area contributed by atoms with Crippen molar-refractivity contribution in [3.63, 3.8) is 0 Å². The Labute approximate surface area is 127 Å². The summed E-state index contributed by atoms with van der Waals surface area (Å²) in [5.41, 5.74) is -0.235. The van der Waals surface area contributed by atoms with E-state index in [2.05, 4.69) is 5.32 Å². The minimum absolute atomic E-state index is 0.0613. The number of nitriles is 1. The molecule has 1 rings (SSSR count). The van der Waals surface area contributed by atoms with E-state index in [-0.39, 0.29) is 30.2 Å². The third-order valence-corrected chi connectivity index (χ3v) is 2.93. The molecule has 0 aliphatic carbocycles. The average Bonchev–Trinajstić information content (AvgIpc) is 2.42. The number of nitrogens with one attached hydrogen (secondary N) is 1. The highest BCUT2D eigenvalue weighted by Crippen LogP contribution is 2.33. The zero-order chi connectivity index (χ0) is 15.1. The molecule has 8 nitrogen and oxygen atoms in total. The Hall–Kier alpha value is -1.93. The fourth-order valence-corrected chi connectivity index (χ4v) is 2.07. The summed E-state index contributed by atoms with van der Waals surface area (Å²) < 4.78 is 5.50. The molecule has 0 atom stereocenters. The smallest absolute Gasteiger partial charge is 0.313 e. The van der Waals surface area contributed by atoms with E-state index in [0.717, 1.165) is 6.07 Å². The molecule has 0 aliphatic heterocycles. The fraction of sp³-hybridized carbons (Fsp3) is 0.273. The second kappa shape index (κ2) is 7.61. The summed E-state index contributed by atoms with van der Waals surface area (Å²) in [6, 6.07) is 4.32. The van der Waals surface area contributed by atoms with Crippen molar-refractivity contribution < 1.29 is 19.6 Å². The van der Waals surface area contributed by atoms with Crippen LogP contribution in [-0.2, 0) is 4.79 Å². The molecule has 106 valence electrons. The number of hydrogen-bond acceptors (Lipinski definition) is 6. The van der Waals surface area contributed by atoms with E-state index in [4.69, 9.17) is 15.1 Å². The van der Waals surface area contributed by atoms with Crippen molar-refractivity contribution in [2.45, 2.75) is 0 Å². The van der Waals surface area contributed by atoms with Gasteiger partial charge in [0, 0.05) is 12.6 Å². The van der Waals surface area contributed by atoms with Crippen LogP contribution in [0.2, 0.25) is 0 Å². The number of rotatable bonds is 6. The van der Waals surface area contributed by atoms with E-state index in [1.54, 1.807) is 22.6 Å². The number of hydrogen-bond donors (Lipinski definition) is 2. The lowest BCUT2D eigenvalue weighted by atomic mass is 10.2. The number of halogens is 1. The van der Waals surface area contributed by atoms with Gasteiger partial charge in [-0.3, -0.25) is 14.9 Å². The molecule has 0 saturated heterocycles. The summed E-state index contributed by atoms with van der Waals surface area (Å²) in [5.74, 6) is -0.567. The van der Waals surface area contributed by atoms with E-state index >= 15 is 0 Å². The lowest BCUT2D eigenvalue weighted by Crippen LogP contribution is -2.31. The Balaban J connectivity index is 2.92. The molecule has 0 saturated carbocycles. The number of nitro groups is 1. The molecule has 0 bridgehead atoms. The van der Waals surface area contributed by atoms with E-state index in [9.17, 15) is 14.9 Å². The molecule has 0 radical (unpaired) electrons. The maximum atomic E-state index is 11.3. The number of nitro benzene ring substituents is 1. The molecule has 1 aromatic rings. The van der Waals surface area contributed by atoms with Gasteiger partial charge in [0.2, 0.25) is 5.75 Å². The first-order chi connectivity index (χ1) is 9.49. The third-order valence-electron chi connectivity index (χ3n) is 2.13. The Morgan fingerprint density at radius 1 is 1.60 bits per heavy atom. The summed E-state index contributed by atoms with van der Waals surface area (Å²) in [4.78, 5) is 21.6. The van der Waals surface area contributed by atoms with Crippen LogP contribution in [0.25, 0.3) is 0 Å². The van der Waals surface area contributed by atoms with Crippen LogP contribution >= 0.6 is 22.6 Å². The minimum atomic E-state index is -0.677. The summed E-state index contributed by atoms with van der Waals surface area (Å²) >= 11 is 1.79. The highest BCUT2D eigenvalue weighted by atomic mass is 127. The molecule has 0 fully saturated rings. The Bertz CT molecular complexity index is 570. The van der Waals surface area contributed by atoms with Crippen molar-refractivity contribution in [1.82, 2.24) is 5.32 Å². The largest absolute Gasteiger partial charge is 0.476 e. The van der Waals surface area contributed by atoms with Gasteiger partial charge in [-0.15, -0.1) is 0 Å². The van der Waals surface area contributed by atoms with Crippen molar-refractivity contribution in [2.75, 3.05) is 19.8 Å². The van der Waals surface area contributed by atoms with Crippen molar-refractivity contribution >= 4 is 34.2 Å². The van der Waals surface area contributed by atoms with Crippen LogP contribution in [0.1, 0.15) is 5.56 Å². The van der Waals surface area contributed by atoms with Crippen LogP contribution in [0.5, 0.6) is 5.75 Å². The topological polar surface area (TPSA) is 125 Å². The Morgan fingerprint density at radius 2 is 2.30 bits per heavy atom. The Morgan fingerprint density at radius 3 is 2.85 bits per heavy atom. The number of carbonyl (C=O) groups excluding carboxylic acids is 1. The fourth-order valence-electron chi connectivity index (χ4n) is 1.31. The van der Waals surface area contributed by atoms with Crippen molar-refractivity contribution in [1.29, 1.82) is 5.26 Å². The monoisotopic (exact) mass is 391 g/mol. The molecule has 0 unspecified atom stereocenters. The molecule has 0 heterocycles. The zero-order valence-electron chi connectivity index (χ0n) is 10.1. The van der Waals surface area contributed by atoms with Crippen LogP contribution in [0, 0.1) is 25.0 Å². The molecule has 1 amide bonds. The van der Waals surface area contributed by atoms with Gasteiger partial charge in [0.25, 0.3) is 5.91 Å². The Kier molecular flexibility index (Phi) is 6.13. The van der Waals surface area contributed by atoms with Gasteiger partial charge in [-0.2, -0.15) is 5.26 Å². The second-order valence-electron chi connectivity index (χ2n) is 3.54. The number of benzene rings is 1. The zero-order valence-corrected chi connectivity index (χ0v) is 12.3. The van der Waals surface area contributed by atoms with Gasteiger partial charge in [-0.1, -0.05) is 0 Å². The molecule has 0 aliphatic rings.